The Morgan fingerprint density at radius 3 is 2.73 bits per heavy atom. The molecule has 2 aliphatic rings. The molecule has 1 amide bonds. The minimum Gasteiger partial charge on any atom is -0.381 e. The molecule has 2 heterocycles. The van der Waals surface area contributed by atoms with E-state index in [2.05, 4.69) is 32.7 Å². The van der Waals surface area contributed by atoms with E-state index in [-0.39, 0.29) is 0 Å². The minimum absolute atomic E-state index is 0.318. The molecule has 0 atom stereocenters. The summed E-state index contributed by atoms with van der Waals surface area (Å²) in [6.07, 6.45) is 5.73. The molecule has 0 spiro atoms. The number of nitrogens with one attached hydrogen (secondary N) is 2. The summed E-state index contributed by atoms with van der Waals surface area (Å²) in [5, 5.41) is 6.49. The number of nitrogens with two attached hydrogens (primary N) is 1. The lowest BCUT2D eigenvalue weighted by Crippen LogP contribution is -2.17. The molecular formula is C19H23N5O2. The summed E-state index contributed by atoms with van der Waals surface area (Å²) in [4.78, 5) is 20.3. The Morgan fingerprint density at radius 2 is 2.00 bits per heavy atom. The molecule has 7 heteroatoms. The second-order valence-corrected chi connectivity index (χ2v) is 6.88. The smallest absolute Gasteiger partial charge is 0.254 e. The Kier molecular flexibility index (Phi) is 4.71. The lowest BCUT2D eigenvalue weighted by molar-refractivity contribution is 0.0853. The van der Waals surface area contributed by atoms with Crippen LogP contribution in [0.2, 0.25) is 0 Å². The highest BCUT2D eigenvalue weighted by atomic mass is 16.5. The van der Waals surface area contributed by atoms with Crippen molar-refractivity contribution in [3.05, 3.63) is 41.6 Å². The van der Waals surface area contributed by atoms with Crippen molar-refractivity contribution in [3.8, 4) is 0 Å². The topological polar surface area (TPSA) is 102 Å². The summed E-state index contributed by atoms with van der Waals surface area (Å²) in [5.74, 6) is 0.942. The highest BCUT2D eigenvalue weighted by Crippen LogP contribution is 2.30. The van der Waals surface area contributed by atoms with Crippen LogP contribution >= 0.6 is 0 Å². The molecule has 0 bridgehead atoms. The summed E-state index contributed by atoms with van der Waals surface area (Å²) in [7, 11) is 0. The number of rotatable bonds is 6. The van der Waals surface area contributed by atoms with E-state index in [0.717, 1.165) is 44.6 Å². The first-order chi connectivity index (χ1) is 12.7. The van der Waals surface area contributed by atoms with Crippen molar-refractivity contribution < 1.29 is 9.53 Å². The van der Waals surface area contributed by atoms with Crippen molar-refractivity contribution in [1.29, 1.82) is 0 Å². The molecule has 0 unspecified atom stereocenters. The molecule has 1 saturated carbocycles. The monoisotopic (exact) mass is 353 g/mol. The third-order valence-electron chi connectivity index (χ3n) is 4.81. The van der Waals surface area contributed by atoms with Gasteiger partial charge in [-0.1, -0.05) is 12.1 Å². The average molecular weight is 353 g/mol. The summed E-state index contributed by atoms with van der Waals surface area (Å²) in [5.41, 5.74) is 7.97. The molecule has 4 N–H and O–H groups in total. The van der Waals surface area contributed by atoms with Crippen molar-refractivity contribution in [3.63, 3.8) is 0 Å². The quantitative estimate of drug-likeness (QED) is 0.738. The van der Waals surface area contributed by atoms with Crippen LogP contribution in [0.15, 0.2) is 30.5 Å². The number of ether oxygens (including phenoxy) is 1. The molecule has 26 heavy (non-hydrogen) atoms. The predicted molar refractivity (Wildman–Crippen MR) is 99.7 cm³/mol. The second kappa shape index (κ2) is 7.29. The molecule has 1 aromatic carbocycles. The van der Waals surface area contributed by atoms with Gasteiger partial charge in [0.2, 0.25) is 5.95 Å². The van der Waals surface area contributed by atoms with Gasteiger partial charge in [-0.05, 0) is 49.3 Å². The maximum atomic E-state index is 11.6. The summed E-state index contributed by atoms with van der Waals surface area (Å²) in [6, 6.07) is 8.68. The van der Waals surface area contributed by atoms with Crippen LogP contribution in [0.3, 0.4) is 0 Å². The summed E-state index contributed by atoms with van der Waals surface area (Å²) in [6.45, 7) is 1.63. The number of hydrogen-bond donors (Lipinski definition) is 3. The highest BCUT2D eigenvalue weighted by molar-refractivity contribution is 5.97. The van der Waals surface area contributed by atoms with Crippen LogP contribution in [0.5, 0.6) is 0 Å². The van der Waals surface area contributed by atoms with Crippen molar-refractivity contribution in [1.82, 2.24) is 9.97 Å². The van der Waals surface area contributed by atoms with Gasteiger partial charge in [0.15, 0.2) is 0 Å². The van der Waals surface area contributed by atoms with Gasteiger partial charge in [0.1, 0.15) is 5.82 Å². The lowest BCUT2D eigenvalue weighted by Gasteiger charge is -2.22. The molecule has 1 saturated heterocycles. The van der Waals surface area contributed by atoms with Crippen LogP contribution in [-0.2, 0) is 4.74 Å². The van der Waals surface area contributed by atoms with Gasteiger partial charge >= 0.3 is 0 Å². The molecule has 4 rings (SSSR count). The Balaban J connectivity index is 1.53. The van der Waals surface area contributed by atoms with E-state index in [1.165, 1.54) is 11.8 Å². The van der Waals surface area contributed by atoms with Crippen LogP contribution in [0.25, 0.3) is 0 Å². The summed E-state index contributed by atoms with van der Waals surface area (Å²) >= 11 is 0. The van der Waals surface area contributed by atoms with Gasteiger partial charge in [-0.2, -0.15) is 4.98 Å². The van der Waals surface area contributed by atoms with Crippen LogP contribution < -0.4 is 16.4 Å². The first-order valence-corrected chi connectivity index (χ1v) is 9.07. The van der Waals surface area contributed by atoms with Gasteiger partial charge in [0, 0.05) is 31.1 Å². The van der Waals surface area contributed by atoms with Gasteiger partial charge in [0.05, 0.1) is 5.56 Å². The SMILES string of the molecule is NC(=O)c1cnc(Nc2cccc(C3CCOCC3)c2)nc1NC1CC1. The number of benzene rings is 1. The lowest BCUT2D eigenvalue weighted by atomic mass is 9.91. The fourth-order valence-corrected chi connectivity index (χ4v) is 3.18. The molecule has 2 aromatic rings. The second-order valence-electron chi connectivity index (χ2n) is 6.88. The molecule has 1 aliphatic carbocycles. The van der Waals surface area contributed by atoms with E-state index >= 15 is 0 Å². The first-order valence-electron chi connectivity index (χ1n) is 9.07. The average Bonchev–Trinajstić information content (AvgIpc) is 3.47. The van der Waals surface area contributed by atoms with Crippen LogP contribution in [-0.4, -0.2) is 35.1 Å². The zero-order valence-corrected chi connectivity index (χ0v) is 14.6. The molecule has 1 aromatic heterocycles. The van der Waals surface area contributed by atoms with Gasteiger partial charge in [-0.25, -0.2) is 4.98 Å². The number of hydrogen-bond acceptors (Lipinski definition) is 6. The number of amides is 1. The van der Waals surface area contributed by atoms with Gasteiger partial charge in [-0.3, -0.25) is 4.79 Å². The number of aromatic nitrogens is 2. The Bertz CT molecular complexity index is 800. The molecule has 2 fully saturated rings. The third kappa shape index (κ3) is 3.94. The maximum Gasteiger partial charge on any atom is 0.254 e. The fraction of sp³-hybridized carbons (Fsp3) is 0.421. The van der Waals surface area contributed by atoms with E-state index < -0.39 is 5.91 Å². The number of anilines is 3. The van der Waals surface area contributed by atoms with E-state index in [9.17, 15) is 4.79 Å². The van der Waals surface area contributed by atoms with Gasteiger partial charge < -0.3 is 21.1 Å². The van der Waals surface area contributed by atoms with Crippen LogP contribution in [0.1, 0.15) is 47.5 Å². The third-order valence-corrected chi connectivity index (χ3v) is 4.81. The number of primary amides is 1. The Morgan fingerprint density at radius 1 is 1.19 bits per heavy atom. The van der Waals surface area contributed by atoms with E-state index in [0.29, 0.717) is 29.3 Å². The van der Waals surface area contributed by atoms with E-state index in [1.54, 1.807) is 0 Å². The standard InChI is InChI=1S/C19H23N5O2/c20-17(25)16-11-21-19(24-18(16)22-14-4-5-14)23-15-3-1-2-13(10-15)12-6-8-26-9-7-12/h1-3,10-12,14H,4-9H2,(H2,20,25)(H2,21,22,23,24). The van der Waals surface area contributed by atoms with E-state index in [1.807, 2.05) is 12.1 Å². The normalized spacial score (nSPS) is 17.7. The zero-order chi connectivity index (χ0) is 17.9. The number of carbonyl (C=O) groups excluding carboxylic acids is 1. The predicted octanol–water partition coefficient (Wildman–Crippen LogP) is 2.79. The first kappa shape index (κ1) is 16.8. The Hall–Kier alpha value is -2.67. The fourth-order valence-electron chi connectivity index (χ4n) is 3.18. The molecule has 7 nitrogen and oxygen atoms in total. The zero-order valence-electron chi connectivity index (χ0n) is 14.6. The Labute approximate surface area is 152 Å². The minimum atomic E-state index is -0.527. The van der Waals surface area contributed by atoms with E-state index in [4.69, 9.17) is 10.5 Å². The van der Waals surface area contributed by atoms with Crippen molar-refractivity contribution in [2.24, 2.45) is 5.73 Å². The van der Waals surface area contributed by atoms with Crippen molar-refractivity contribution in [2.75, 3.05) is 23.8 Å². The number of nitrogens with zero attached hydrogens (tertiary/aromatic N) is 2. The van der Waals surface area contributed by atoms with Gasteiger partial charge in [-0.15, -0.1) is 0 Å². The summed E-state index contributed by atoms with van der Waals surface area (Å²) < 4.78 is 5.45. The number of carbonyl (C=O) groups is 1. The van der Waals surface area contributed by atoms with Crippen LogP contribution in [0, 0.1) is 0 Å². The van der Waals surface area contributed by atoms with Crippen molar-refractivity contribution in [2.45, 2.75) is 37.6 Å². The molecular weight excluding hydrogens is 330 g/mol. The van der Waals surface area contributed by atoms with Crippen molar-refractivity contribution >= 4 is 23.4 Å². The molecule has 1 aliphatic heterocycles. The largest absolute Gasteiger partial charge is 0.381 e. The highest BCUT2D eigenvalue weighted by Gasteiger charge is 2.24. The van der Waals surface area contributed by atoms with Crippen LogP contribution in [0.4, 0.5) is 17.5 Å². The van der Waals surface area contributed by atoms with Gasteiger partial charge in [0.25, 0.3) is 5.91 Å². The molecule has 136 valence electrons. The maximum absolute atomic E-state index is 11.6. The molecule has 0 radical (unpaired) electrons.